The molecule has 0 unspecified atom stereocenters. The van der Waals surface area contributed by atoms with Crippen molar-refractivity contribution < 1.29 is 9.15 Å². The lowest BCUT2D eigenvalue weighted by atomic mass is 10.1. The summed E-state index contributed by atoms with van der Waals surface area (Å²) in [5.74, 6) is 2.64. The second kappa shape index (κ2) is 4.22. The highest BCUT2D eigenvalue weighted by Gasteiger charge is 2.08. The number of para-hydroxylation sites is 1. The van der Waals surface area contributed by atoms with Gasteiger partial charge in [-0.1, -0.05) is 12.1 Å². The van der Waals surface area contributed by atoms with Gasteiger partial charge in [0.2, 0.25) is 0 Å². The highest BCUT2D eigenvalue weighted by atomic mass is 16.5. The largest absolute Gasteiger partial charge is 0.493 e. The van der Waals surface area contributed by atoms with E-state index in [0.717, 1.165) is 22.8 Å². The summed E-state index contributed by atoms with van der Waals surface area (Å²) in [6, 6.07) is 11.8. The van der Waals surface area contributed by atoms with Crippen molar-refractivity contribution in [3.63, 3.8) is 0 Å². The Labute approximate surface area is 89.5 Å². The molecule has 1 aromatic carbocycles. The Kier molecular flexibility index (Phi) is 2.77. The maximum absolute atomic E-state index is 5.58. The Bertz CT molecular complexity index is 443. The first-order chi connectivity index (χ1) is 7.31. The van der Waals surface area contributed by atoms with Gasteiger partial charge in [-0.05, 0) is 38.1 Å². The van der Waals surface area contributed by atoms with Crippen molar-refractivity contribution in [3.05, 3.63) is 42.2 Å². The molecule has 0 atom stereocenters. The summed E-state index contributed by atoms with van der Waals surface area (Å²) in [4.78, 5) is 0. The number of benzene rings is 1. The van der Waals surface area contributed by atoms with Crippen LogP contribution in [0.4, 0.5) is 0 Å². The van der Waals surface area contributed by atoms with E-state index >= 15 is 0 Å². The first-order valence-corrected chi connectivity index (χ1v) is 5.10. The number of aryl methyl sites for hydroxylation is 1. The molecule has 0 amide bonds. The van der Waals surface area contributed by atoms with Gasteiger partial charge in [-0.25, -0.2) is 0 Å². The van der Waals surface area contributed by atoms with Crippen LogP contribution in [-0.2, 0) is 0 Å². The third-order valence-corrected chi connectivity index (χ3v) is 2.19. The summed E-state index contributed by atoms with van der Waals surface area (Å²) in [5, 5.41) is 0. The minimum atomic E-state index is 0.663. The molecule has 15 heavy (non-hydrogen) atoms. The van der Waals surface area contributed by atoms with Crippen molar-refractivity contribution in [2.24, 2.45) is 0 Å². The average molecular weight is 202 g/mol. The monoisotopic (exact) mass is 202 g/mol. The predicted molar refractivity (Wildman–Crippen MR) is 60.1 cm³/mol. The van der Waals surface area contributed by atoms with E-state index in [2.05, 4.69) is 0 Å². The number of hydrogen-bond acceptors (Lipinski definition) is 2. The zero-order chi connectivity index (χ0) is 10.7. The third-order valence-electron chi connectivity index (χ3n) is 2.19. The molecule has 2 heteroatoms. The van der Waals surface area contributed by atoms with Crippen molar-refractivity contribution in [1.82, 2.24) is 0 Å². The highest BCUT2D eigenvalue weighted by Crippen LogP contribution is 2.30. The first kappa shape index (κ1) is 9.84. The van der Waals surface area contributed by atoms with Gasteiger partial charge in [0.1, 0.15) is 17.3 Å². The maximum atomic E-state index is 5.58. The van der Waals surface area contributed by atoms with E-state index in [-0.39, 0.29) is 0 Å². The number of hydrogen-bond donors (Lipinski definition) is 0. The first-order valence-electron chi connectivity index (χ1n) is 5.10. The van der Waals surface area contributed by atoms with Crippen molar-refractivity contribution in [2.75, 3.05) is 6.61 Å². The van der Waals surface area contributed by atoms with Crippen LogP contribution < -0.4 is 4.74 Å². The van der Waals surface area contributed by atoms with E-state index in [9.17, 15) is 0 Å². The summed E-state index contributed by atoms with van der Waals surface area (Å²) >= 11 is 0. The van der Waals surface area contributed by atoms with Crippen LogP contribution in [0.15, 0.2) is 40.8 Å². The van der Waals surface area contributed by atoms with Crippen molar-refractivity contribution in [2.45, 2.75) is 13.8 Å². The number of ether oxygens (including phenoxy) is 1. The normalized spacial score (nSPS) is 10.3. The van der Waals surface area contributed by atoms with Gasteiger partial charge < -0.3 is 9.15 Å². The standard InChI is InChI=1S/C13H14O2/c1-3-14-12-7-5-4-6-11(12)13-9-8-10(2)15-13/h4-9H,3H2,1-2H3. The van der Waals surface area contributed by atoms with Crippen molar-refractivity contribution in [1.29, 1.82) is 0 Å². The molecule has 1 heterocycles. The van der Waals surface area contributed by atoms with E-state index in [4.69, 9.17) is 9.15 Å². The van der Waals surface area contributed by atoms with Gasteiger partial charge >= 0.3 is 0 Å². The van der Waals surface area contributed by atoms with Crippen LogP contribution >= 0.6 is 0 Å². The fraction of sp³-hybridized carbons (Fsp3) is 0.231. The fourth-order valence-electron chi connectivity index (χ4n) is 1.53. The zero-order valence-electron chi connectivity index (χ0n) is 8.99. The summed E-state index contributed by atoms with van der Waals surface area (Å²) in [6.45, 7) is 4.58. The average Bonchev–Trinajstić information content (AvgIpc) is 2.66. The molecule has 0 spiro atoms. The molecular weight excluding hydrogens is 188 g/mol. The fourth-order valence-corrected chi connectivity index (χ4v) is 1.53. The van der Waals surface area contributed by atoms with Crippen LogP contribution in [0.3, 0.4) is 0 Å². The van der Waals surface area contributed by atoms with Gasteiger partial charge in [0, 0.05) is 0 Å². The maximum Gasteiger partial charge on any atom is 0.137 e. The number of rotatable bonds is 3. The molecule has 78 valence electrons. The molecule has 0 fully saturated rings. The van der Waals surface area contributed by atoms with E-state index < -0.39 is 0 Å². The van der Waals surface area contributed by atoms with Gasteiger partial charge in [-0.3, -0.25) is 0 Å². The van der Waals surface area contributed by atoms with Crippen LogP contribution in [0, 0.1) is 6.92 Å². The van der Waals surface area contributed by atoms with Crippen LogP contribution in [0.2, 0.25) is 0 Å². The molecule has 0 N–H and O–H groups in total. The minimum absolute atomic E-state index is 0.663. The molecule has 0 radical (unpaired) electrons. The Balaban J connectivity index is 2.42. The molecule has 2 rings (SSSR count). The summed E-state index contributed by atoms with van der Waals surface area (Å²) < 4.78 is 11.1. The molecule has 2 nitrogen and oxygen atoms in total. The quantitative estimate of drug-likeness (QED) is 0.758. The third kappa shape index (κ3) is 2.04. The second-order valence-corrected chi connectivity index (χ2v) is 3.34. The summed E-state index contributed by atoms with van der Waals surface area (Å²) in [7, 11) is 0. The molecule has 2 aromatic rings. The molecule has 0 saturated carbocycles. The summed E-state index contributed by atoms with van der Waals surface area (Å²) in [5.41, 5.74) is 1.01. The predicted octanol–water partition coefficient (Wildman–Crippen LogP) is 3.65. The van der Waals surface area contributed by atoms with Crippen LogP contribution in [0.25, 0.3) is 11.3 Å². The van der Waals surface area contributed by atoms with Crippen molar-refractivity contribution >= 4 is 0 Å². The van der Waals surface area contributed by atoms with Gasteiger partial charge in [-0.2, -0.15) is 0 Å². The van der Waals surface area contributed by atoms with E-state index in [0.29, 0.717) is 6.61 Å². The van der Waals surface area contributed by atoms with Crippen LogP contribution in [0.1, 0.15) is 12.7 Å². The Hall–Kier alpha value is -1.70. The Morgan fingerprint density at radius 1 is 1.13 bits per heavy atom. The van der Waals surface area contributed by atoms with Crippen LogP contribution in [0.5, 0.6) is 5.75 Å². The number of furan rings is 1. The minimum Gasteiger partial charge on any atom is -0.493 e. The molecule has 1 aromatic heterocycles. The molecule has 0 bridgehead atoms. The smallest absolute Gasteiger partial charge is 0.137 e. The van der Waals surface area contributed by atoms with Gasteiger partial charge in [0.15, 0.2) is 0 Å². The van der Waals surface area contributed by atoms with E-state index in [1.165, 1.54) is 0 Å². The van der Waals surface area contributed by atoms with Crippen LogP contribution in [-0.4, -0.2) is 6.61 Å². The molecule has 0 aliphatic carbocycles. The molecule has 0 aliphatic heterocycles. The summed E-state index contributed by atoms with van der Waals surface area (Å²) in [6.07, 6.45) is 0. The molecular formula is C13H14O2. The highest BCUT2D eigenvalue weighted by molar-refractivity contribution is 5.65. The van der Waals surface area contributed by atoms with Crippen molar-refractivity contribution in [3.8, 4) is 17.1 Å². The van der Waals surface area contributed by atoms with E-state index in [1.54, 1.807) is 0 Å². The lowest BCUT2D eigenvalue weighted by Crippen LogP contribution is -1.92. The lowest BCUT2D eigenvalue weighted by molar-refractivity contribution is 0.340. The second-order valence-electron chi connectivity index (χ2n) is 3.34. The Morgan fingerprint density at radius 3 is 2.60 bits per heavy atom. The lowest BCUT2D eigenvalue weighted by Gasteiger charge is -2.07. The van der Waals surface area contributed by atoms with Gasteiger partial charge in [0.05, 0.1) is 12.2 Å². The zero-order valence-corrected chi connectivity index (χ0v) is 8.99. The molecule has 0 aliphatic rings. The molecule has 0 saturated heterocycles. The topological polar surface area (TPSA) is 22.4 Å². The van der Waals surface area contributed by atoms with Gasteiger partial charge in [-0.15, -0.1) is 0 Å². The SMILES string of the molecule is CCOc1ccccc1-c1ccc(C)o1. The van der Waals surface area contributed by atoms with E-state index in [1.807, 2.05) is 50.2 Å². The van der Waals surface area contributed by atoms with Gasteiger partial charge in [0.25, 0.3) is 0 Å². The Morgan fingerprint density at radius 2 is 1.93 bits per heavy atom.